The van der Waals surface area contributed by atoms with Gasteiger partial charge in [0.05, 0.1) is 23.4 Å². The molecule has 0 aliphatic carbocycles. The van der Waals surface area contributed by atoms with Gasteiger partial charge in [-0.1, -0.05) is 0 Å². The summed E-state index contributed by atoms with van der Waals surface area (Å²) in [6.07, 6.45) is 3.55. The summed E-state index contributed by atoms with van der Waals surface area (Å²) in [5.41, 5.74) is 0.995. The number of hydrogen-bond donors (Lipinski definition) is 1. The molecule has 1 N–H and O–H groups in total. The van der Waals surface area contributed by atoms with E-state index >= 15 is 0 Å². The molecule has 1 aliphatic heterocycles. The fourth-order valence-electron chi connectivity index (χ4n) is 1.87. The quantitative estimate of drug-likeness (QED) is 0.831. The minimum absolute atomic E-state index is 0.0114. The molecule has 98 valence electrons. The van der Waals surface area contributed by atoms with Crippen LogP contribution < -0.4 is 5.32 Å². The molecule has 1 unspecified atom stereocenters. The van der Waals surface area contributed by atoms with Crippen molar-refractivity contribution in [3.63, 3.8) is 0 Å². The monoisotopic (exact) mass is 269 g/mol. The lowest BCUT2D eigenvalue weighted by Crippen LogP contribution is -2.30. The third-order valence-electron chi connectivity index (χ3n) is 2.89. The van der Waals surface area contributed by atoms with Gasteiger partial charge in [0.1, 0.15) is 5.69 Å². The van der Waals surface area contributed by atoms with Crippen molar-refractivity contribution in [1.82, 2.24) is 15.3 Å². The second-order valence-corrected chi connectivity index (χ2v) is 6.75. The van der Waals surface area contributed by atoms with Crippen molar-refractivity contribution in [3.05, 3.63) is 23.8 Å². The highest BCUT2D eigenvalue weighted by molar-refractivity contribution is 7.91. The van der Waals surface area contributed by atoms with Gasteiger partial charge in [-0.25, -0.2) is 13.4 Å². The van der Waals surface area contributed by atoms with E-state index < -0.39 is 9.84 Å². The molecule has 1 saturated heterocycles. The summed E-state index contributed by atoms with van der Waals surface area (Å²) in [6.45, 7) is 2.16. The predicted molar refractivity (Wildman–Crippen MR) is 65.9 cm³/mol. The van der Waals surface area contributed by atoms with E-state index in [1.165, 1.54) is 12.4 Å². The number of nitrogens with zero attached hydrogens (tertiary/aromatic N) is 2. The molecule has 2 rings (SSSR count). The first-order valence-electron chi connectivity index (χ1n) is 5.73. The molecule has 1 aliphatic rings. The lowest BCUT2D eigenvalue weighted by molar-refractivity contribution is 0.0943. The molecule has 0 bridgehead atoms. The number of hydrogen-bond acceptors (Lipinski definition) is 5. The van der Waals surface area contributed by atoms with Crippen molar-refractivity contribution in [2.45, 2.75) is 13.3 Å². The van der Waals surface area contributed by atoms with Gasteiger partial charge in [0, 0.05) is 12.7 Å². The van der Waals surface area contributed by atoms with Crippen LogP contribution >= 0.6 is 0 Å². The van der Waals surface area contributed by atoms with Crippen molar-refractivity contribution in [2.24, 2.45) is 5.92 Å². The highest BCUT2D eigenvalue weighted by Crippen LogP contribution is 2.17. The number of aryl methyl sites for hydroxylation is 1. The Balaban J connectivity index is 1.87. The molecule has 1 aromatic heterocycles. The Hall–Kier alpha value is -1.50. The van der Waals surface area contributed by atoms with Crippen LogP contribution in [0.3, 0.4) is 0 Å². The van der Waals surface area contributed by atoms with E-state index in [1.54, 1.807) is 6.92 Å². The Morgan fingerprint density at radius 3 is 2.78 bits per heavy atom. The molecule has 0 saturated carbocycles. The van der Waals surface area contributed by atoms with E-state index in [0.717, 1.165) is 5.69 Å². The van der Waals surface area contributed by atoms with Crippen LogP contribution in [-0.4, -0.2) is 42.3 Å². The minimum atomic E-state index is -2.89. The molecular weight excluding hydrogens is 254 g/mol. The van der Waals surface area contributed by atoms with Crippen LogP contribution in [0.1, 0.15) is 22.6 Å². The summed E-state index contributed by atoms with van der Waals surface area (Å²) in [7, 11) is -2.89. The summed E-state index contributed by atoms with van der Waals surface area (Å²) in [5, 5.41) is 2.69. The lowest BCUT2D eigenvalue weighted by atomic mass is 10.1. The van der Waals surface area contributed by atoms with Gasteiger partial charge in [0.15, 0.2) is 9.84 Å². The average molecular weight is 269 g/mol. The van der Waals surface area contributed by atoms with Crippen LogP contribution in [0.25, 0.3) is 0 Å². The van der Waals surface area contributed by atoms with Gasteiger partial charge in [-0.05, 0) is 19.3 Å². The molecule has 0 aromatic carbocycles. The van der Waals surface area contributed by atoms with Gasteiger partial charge >= 0.3 is 0 Å². The zero-order valence-corrected chi connectivity index (χ0v) is 10.9. The maximum Gasteiger partial charge on any atom is 0.271 e. The lowest BCUT2D eigenvalue weighted by Gasteiger charge is -2.08. The molecule has 1 atom stereocenters. The average Bonchev–Trinajstić information content (AvgIpc) is 2.67. The number of rotatable bonds is 3. The summed E-state index contributed by atoms with van der Waals surface area (Å²) in [5.74, 6) is 0.0780. The first kappa shape index (κ1) is 12.9. The van der Waals surface area contributed by atoms with Crippen LogP contribution in [-0.2, 0) is 9.84 Å². The van der Waals surface area contributed by atoms with Crippen LogP contribution in [0.5, 0.6) is 0 Å². The molecule has 0 spiro atoms. The van der Waals surface area contributed by atoms with Crippen LogP contribution in [0.4, 0.5) is 0 Å². The number of amides is 1. The summed E-state index contributed by atoms with van der Waals surface area (Å²) < 4.78 is 22.5. The highest BCUT2D eigenvalue weighted by Gasteiger charge is 2.28. The van der Waals surface area contributed by atoms with Crippen molar-refractivity contribution >= 4 is 15.7 Å². The highest BCUT2D eigenvalue weighted by atomic mass is 32.2. The standard InChI is InChI=1S/C11H15N3O3S/c1-8-4-13-10(6-12-8)11(15)14-5-9-2-3-18(16,17)7-9/h4,6,9H,2-3,5,7H2,1H3,(H,14,15). The number of nitrogens with one attached hydrogen (secondary N) is 1. The smallest absolute Gasteiger partial charge is 0.271 e. The fraction of sp³-hybridized carbons (Fsp3) is 0.545. The van der Waals surface area contributed by atoms with E-state index in [1.807, 2.05) is 0 Å². The van der Waals surface area contributed by atoms with Crippen LogP contribution in [0.15, 0.2) is 12.4 Å². The first-order valence-corrected chi connectivity index (χ1v) is 7.56. The first-order chi connectivity index (χ1) is 8.46. The third kappa shape index (κ3) is 3.25. The Kier molecular flexibility index (Phi) is 3.60. The zero-order valence-electron chi connectivity index (χ0n) is 10.1. The molecule has 6 nitrogen and oxygen atoms in total. The van der Waals surface area contributed by atoms with Crippen molar-refractivity contribution in [3.8, 4) is 0 Å². The van der Waals surface area contributed by atoms with Crippen LogP contribution in [0.2, 0.25) is 0 Å². The molecule has 2 heterocycles. The Morgan fingerprint density at radius 1 is 1.44 bits per heavy atom. The second kappa shape index (κ2) is 5.01. The minimum Gasteiger partial charge on any atom is -0.350 e. The van der Waals surface area contributed by atoms with Crippen molar-refractivity contribution in [2.75, 3.05) is 18.1 Å². The Labute approximate surface area is 106 Å². The number of carbonyl (C=O) groups excluding carboxylic acids is 1. The number of carbonyl (C=O) groups is 1. The molecule has 7 heteroatoms. The molecule has 1 fully saturated rings. The molecule has 1 aromatic rings. The Bertz CT molecular complexity index is 539. The van der Waals surface area contributed by atoms with Gasteiger partial charge in [-0.15, -0.1) is 0 Å². The molecule has 1 amide bonds. The SMILES string of the molecule is Cc1cnc(C(=O)NCC2CCS(=O)(=O)C2)cn1. The molecule has 0 radical (unpaired) electrons. The number of aromatic nitrogens is 2. The zero-order chi connectivity index (χ0) is 13.2. The third-order valence-corrected chi connectivity index (χ3v) is 4.73. The summed E-state index contributed by atoms with van der Waals surface area (Å²) in [4.78, 5) is 19.7. The fourth-order valence-corrected chi connectivity index (χ4v) is 3.73. The van der Waals surface area contributed by atoms with E-state index in [-0.39, 0.29) is 29.0 Å². The van der Waals surface area contributed by atoms with Gasteiger partial charge in [0.25, 0.3) is 5.91 Å². The van der Waals surface area contributed by atoms with Gasteiger partial charge in [0.2, 0.25) is 0 Å². The second-order valence-electron chi connectivity index (χ2n) is 4.52. The summed E-state index contributed by atoms with van der Waals surface area (Å²) >= 11 is 0. The predicted octanol–water partition coefficient (Wildman–Crippen LogP) is -0.0505. The maximum atomic E-state index is 11.7. The van der Waals surface area contributed by atoms with Gasteiger partial charge in [-0.3, -0.25) is 9.78 Å². The molecular formula is C11H15N3O3S. The Morgan fingerprint density at radius 2 is 2.22 bits per heavy atom. The van der Waals surface area contributed by atoms with E-state index in [9.17, 15) is 13.2 Å². The number of sulfone groups is 1. The van der Waals surface area contributed by atoms with Gasteiger partial charge < -0.3 is 5.32 Å². The van der Waals surface area contributed by atoms with Crippen LogP contribution in [0, 0.1) is 12.8 Å². The largest absolute Gasteiger partial charge is 0.350 e. The molecule has 18 heavy (non-hydrogen) atoms. The van der Waals surface area contributed by atoms with Crippen molar-refractivity contribution < 1.29 is 13.2 Å². The summed E-state index contributed by atoms with van der Waals surface area (Å²) in [6, 6.07) is 0. The van der Waals surface area contributed by atoms with E-state index in [2.05, 4.69) is 15.3 Å². The van der Waals surface area contributed by atoms with E-state index in [4.69, 9.17) is 0 Å². The van der Waals surface area contributed by atoms with Crippen molar-refractivity contribution in [1.29, 1.82) is 0 Å². The normalized spacial score (nSPS) is 21.7. The topological polar surface area (TPSA) is 89.0 Å². The van der Waals surface area contributed by atoms with E-state index in [0.29, 0.717) is 13.0 Å². The van der Waals surface area contributed by atoms with Gasteiger partial charge in [-0.2, -0.15) is 0 Å². The maximum absolute atomic E-state index is 11.7.